The maximum atomic E-state index is 5.89. The fraction of sp³-hybridized carbons (Fsp3) is 0.875. The van der Waals surface area contributed by atoms with Gasteiger partial charge in [0, 0.05) is 0 Å². The van der Waals surface area contributed by atoms with Crippen LogP contribution in [-0.2, 0) is 4.74 Å². The van der Waals surface area contributed by atoms with E-state index in [4.69, 9.17) is 4.74 Å². The standard InChI is InChI=1S/C16H24O/c1-9(2)17-8-13-6-12-7-14(13)16-11-4-3-10(5-11)15(12)16/h3-4,9-16H,5-8H2,1-2H3. The number of rotatable bonds is 3. The van der Waals surface area contributed by atoms with Gasteiger partial charge in [-0.1, -0.05) is 12.2 Å². The Kier molecular flexibility index (Phi) is 2.25. The Labute approximate surface area is 105 Å². The van der Waals surface area contributed by atoms with Gasteiger partial charge < -0.3 is 4.74 Å². The Balaban J connectivity index is 1.50. The zero-order valence-corrected chi connectivity index (χ0v) is 11.0. The van der Waals surface area contributed by atoms with Crippen LogP contribution in [0.15, 0.2) is 12.2 Å². The SMILES string of the molecule is CC(C)OCC1CC2CC1C1C3C=CC(C3)C21. The number of ether oxygens (including phenoxy) is 1. The Morgan fingerprint density at radius 3 is 2.59 bits per heavy atom. The minimum absolute atomic E-state index is 0.407. The maximum Gasteiger partial charge on any atom is 0.0519 e. The van der Waals surface area contributed by atoms with Gasteiger partial charge in [0.15, 0.2) is 0 Å². The molecule has 3 saturated carbocycles. The smallest absolute Gasteiger partial charge is 0.0519 e. The molecule has 0 aromatic carbocycles. The fourth-order valence-electron chi connectivity index (χ4n) is 5.66. The zero-order valence-electron chi connectivity index (χ0n) is 11.0. The number of allylic oxidation sites excluding steroid dienone is 2. The minimum Gasteiger partial charge on any atom is -0.378 e. The van der Waals surface area contributed by atoms with E-state index in [-0.39, 0.29) is 0 Å². The summed E-state index contributed by atoms with van der Waals surface area (Å²) in [7, 11) is 0. The van der Waals surface area contributed by atoms with E-state index in [0.29, 0.717) is 6.10 Å². The molecule has 1 heteroatoms. The van der Waals surface area contributed by atoms with Crippen LogP contribution in [0.5, 0.6) is 0 Å². The molecule has 0 amide bonds. The van der Waals surface area contributed by atoms with Crippen LogP contribution in [0.1, 0.15) is 33.1 Å². The van der Waals surface area contributed by atoms with E-state index in [1.807, 2.05) is 0 Å². The molecule has 4 rings (SSSR count). The third kappa shape index (κ3) is 1.41. The maximum absolute atomic E-state index is 5.89. The highest BCUT2D eigenvalue weighted by molar-refractivity contribution is 5.20. The average Bonchev–Trinajstić information content (AvgIpc) is 3.03. The predicted molar refractivity (Wildman–Crippen MR) is 68.5 cm³/mol. The van der Waals surface area contributed by atoms with Crippen molar-refractivity contribution in [1.29, 1.82) is 0 Å². The van der Waals surface area contributed by atoms with Crippen molar-refractivity contribution >= 4 is 0 Å². The van der Waals surface area contributed by atoms with E-state index in [2.05, 4.69) is 26.0 Å². The molecule has 7 atom stereocenters. The minimum atomic E-state index is 0.407. The third-order valence-electron chi connectivity index (χ3n) is 6.05. The Hall–Kier alpha value is -0.300. The van der Waals surface area contributed by atoms with E-state index in [0.717, 1.165) is 48.0 Å². The summed E-state index contributed by atoms with van der Waals surface area (Å²) >= 11 is 0. The van der Waals surface area contributed by atoms with Crippen LogP contribution in [0.3, 0.4) is 0 Å². The quantitative estimate of drug-likeness (QED) is 0.534. The first kappa shape index (κ1) is 10.6. The van der Waals surface area contributed by atoms with Gasteiger partial charge in [-0.25, -0.2) is 0 Å². The molecule has 94 valence electrons. The molecule has 4 bridgehead atoms. The molecule has 0 N–H and O–H groups in total. The molecule has 0 radical (unpaired) electrons. The second-order valence-corrected chi connectivity index (χ2v) is 7.14. The molecular formula is C16H24O. The first-order chi connectivity index (χ1) is 8.24. The molecule has 0 saturated heterocycles. The number of fused-ring (bicyclic) bond motifs is 9. The summed E-state index contributed by atoms with van der Waals surface area (Å²) in [6.45, 7) is 5.36. The van der Waals surface area contributed by atoms with Crippen molar-refractivity contribution in [3.05, 3.63) is 12.2 Å². The molecule has 1 nitrogen and oxygen atoms in total. The van der Waals surface area contributed by atoms with Gasteiger partial charge in [-0.15, -0.1) is 0 Å². The van der Waals surface area contributed by atoms with Gasteiger partial charge >= 0.3 is 0 Å². The van der Waals surface area contributed by atoms with Crippen LogP contribution in [0, 0.1) is 41.4 Å². The highest BCUT2D eigenvalue weighted by Crippen LogP contribution is 2.66. The molecule has 0 spiro atoms. The van der Waals surface area contributed by atoms with E-state index in [1.165, 1.54) is 19.3 Å². The molecule has 17 heavy (non-hydrogen) atoms. The van der Waals surface area contributed by atoms with E-state index in [1.54, 1.807) is 0 Å². The molecule has 0 heterocycles. The monoisotopic (exact) mass is 232 g/mol. The second-order valence-electron chi connectivity index (χ2n) is 7.14. The van der Waals surface area contributed by atoms with Gasteiger partial charge in [0.05, 0.1) is 12.7 Å². The van der Waals surface area contributed by atoms with Crippen LogP contribution < -0.4 is 0 Å². The van der Waals surface area contributed by atoms with Gasteiger partial charge in [0.2, 0.25) is 0 Å². The highest BCUT2D eigenvalue weighted by Gasteiger charge is 2.60. The van der Waals surface area contributed by atoms with Crippen molar-refractivity contribution in [3.63, 3.8) is 0 Å². The normalized spacial score (nSPS) is 53.9. The summed E-state index contributed by atoms with van der Waals surface area (Å²) in [5, 5.41) is 0. The van der Waals surface area contributed by atoms with Crippen LogP contribution in [0.25, 0.3) is 0 Å². The Morgan fingerprint density at radius 2 is 1.82 bits per heavy atom. The van der Waals surface area contributed by atoms with Gasteiger partial charge in [-0.05, 0) is 74.5 Å². The van der Waals surface area contributed by atoms with Crippen molar-refractivity contribution in [1.82, 2.24) is 0 Å². The van der Waals surface area contributed by atoms with Crippen LogP contribution in [0.2, 0.25) is 0 Å². The zero-order chi connectivity index (χ0) is 11.6. The van der Waals surface area contributed by atoms with Crippen LogP contribution in [0.4, 0.5) is 0 Å². The topological polar surface area (TPSA) is 9.23 Å². The lowest BCUT2D eigenvalue weighted by Crippen LogP contribution is -2.33. The lowest BCUT2D eigenvalue weighted by molar-refractivity contribution is 0.0157. The summed E-state index contributed by atoms with van der Waals surface area (Å²) in [4.78, 5) is 0. The van der Waals surface area contributed by atoms with Gasteiger partial charge in [-0.3, -0.25) is 0 Å². The molecule has 7 unspecified atom stereocenters. The Bertz CT molecular complexity index is 345. The summed E-state index contributed by atoms with van der Waals surface area (Å²) < 4.78 is 5.89. The van der Waals surface area contributed by atoms with Gasteiger partial charge in [-0.2, -0.15) is 0 Å². The summed E-state index contributed by atoms with van der Waals surface area (Å²) in [6, 6.07) is 0. The van der Waals surface area contributed by atoms with Crippen LogP contribution in [-0.4, -0.2) is 12.7 Å². The van der Waals surface area contributed by atoms with E-state index in [9.17, 15) is 0 Å². The van der Waals surface area contributed by atoms with Crippen LogP contribution >= 0.6 is 0 Å². The Morgan fingerprint density at radius 1 is 1.06 bits per heavy atom. The molecule has 4 aliphatic rings. The predicted octanol–water partition coefficient (Wildman–Crippen LogP) is 3.51. The number of hydrogen-bond donors (Lipinski definition) is 0. The summed E-state index contributed by atoms with van der Waals surface area (Å²) in [5.41, 5.74) is 0. The molecule has 0 aromatic heterocycles. The molecule has 0 aromatic rings. The van der Waals surface area contributed by atoms with Crippen molar-refractivity contribution in [2.24, 2.45) is 41.4 Å². The largest absolute Gasteiger partial charge is 0.378 e. The third-order valence-corrected chi connectivity index (χ3v) is 6.05. The van der Waals surface area contributed by atoms with Crippen molar-refractivity contribution < 1.29 is 4.74 Å². The first-order valence-electron chi connectivity index (χ1n) is 7.54. The fourth-order valence-corrected chi connectivity index (χ4v) is 5.66. The van der Waals surface area contributed by atoms with Crippen molar-refractivity contribution in [2.45, 2.75) is 39.2 Å². The summed E-state index contributed by atoms with van der Waals surface area (Å²) in [5.74, 6) is 6.97. The average molecular weight is 232 g/mol. The van der Waals surface area contributed by atoms with E-state index < -0.39 is 0 Å². The summed E-state index contributed by atoms with van der Waals surface area (Å²) in [6.07, 6.45) is 9.95. The highest BCUT2D eigenvalue weighted by atomic mass is 16.5. The van der Waals surface area contributed by atoms with Gasteiger partial charge in [0.25, 0.3) is 0 Å². The molecule has 0 aliphatic heterocycles. The molecule has 3 fully saturated rings. The second kappa shape index (κ2) is 3.60. The van der Waals surface area contributed by atoms with Gasteiger partial charge in [0.1, 0.15) is 0 Å². The molecular weight excluding hydrogens is 208 g/mol. The van der Waals surface area contributed by atoms with E-state index >= 15 is 0 Å². The molecule has 4 aliphatic carbocycles. The lowest BCUT2D eigenvalue weighted by atomic mass is 9.69. The number of hydrogen-bond acceptors (Lipinski definition) is 1. The lowest BCUT2D eigenvalue weighted by Gasteiger charge is -2.36. The van der Waals surface area contributed by atoms with Crippen molar-refractivity contribution in [3.8, 4) is 0 Å². The first-order valence-corrected chi connectivity index (χ1v) is 7.54. The van der Waals surface area contributed by atoms with Crippen molar-refractivity contribution in [2.75, 3.05) is 6.61 Å².